The maximum atomic E-state index is 12.3. The van der Waals surface area contributed by atoms with Gasteiger partial charge in [0.25, 0.3) is 0 Å². The first kappa shape index (κ1) is 18.4. The van der Waals surface area contributed by atoms with Crippen LogP contribution in [0, 0.1) is 0 Å². The van der Waals surface area contributed by atoms with E-state index >= 15 is 0 Å². The Morgan fingerprint density at radius 3 is 2.26 bits per heavy atom. The summed E-state index contributed by atoms with van der Waals surface area (Å²) in [7, 11) is 1.68. The van der Waals surface area contributed by atoms with Gasteiger partial charge >= 0.3 is 0 Å². The van der Waals surface area contributed by atoms with Crippen molar-refractivity contribution in [3.8, 4) is 0 Å². The molecule has 0 saturated carbocycles. The van der Waals surface area contributed by atoms with E-state index in [1.165, 1.54) is 0 Å². The fraction of sp³-hybridized carbons (Fsp3) is 0.933. The largest absolute Gasteiger partial charge is 0.383 e. The fourth-order valence-electron chi connectivity index (χ4n) is 2.12. The van der Waals surface area contributed by atoms with Crippen molar-refractivity contribution in [3.05, 3.63) is 0 Å². The van der Waals surface area contributed by atoms with E-state index in [0.717, 1.165) is 19.4 Å². The van der Waals surface area contributed by atoms with Crippen LogP contribution in [0.3, 0.4) is 0 Å². The molecule has 1 amide bonds. The van der Waals surface area contributed by atoms with Gasteiger partial charge in [-0.1, -0.05) is 13.8 Å². The van der Waals surface area contributed by atoms with Crippen molar-refractivity contribution in [2.24, 2.45) is 0 Å². The number of nitrogens with zero attached hydrogens (tertiary/aromatic N) is 1. The van der Waals surface area contributed by atoms with Crippen LogP contribution in [0.5, 0.6) is 0 Å². The van der Waals surface area contributed by atoms with Crippen molar-refractivity contribution in [2.45, 2.75) is 65.5 Å². The molecule has 0 aromatic heterocycles. The van der Waals surface area contributed by atoms with Gasteiger partial charge in [0.1, 0.15) is 0 Å². The number of nitrogens with one attached hydrogen (secondary N) is 1. The van der Waals surface area contributed by atoms with E-state index < -0.39 is 0 Å². The highest BCUT2D eigenvalue weighted by atomic mass is 16.5. The lowest BCUT2D eigenvalue weighted by molar-refractivity contribution is -0.134. The third-order valence-electron chi connectivity index (χ3n) is 3.23. The maximum Gasteiger partial charge on any atom is 0.224 e. The van der Waals surface area contributed by atoms with Crippen molar-refractivity contribution in [1.29, 1.82) is 0 Å². The van der Waals surface area contributed by atoms with Crippen LogP contribution in [-0.2, 0) is 9.53 Å². The molecule has 0 aliphatic carbocycles. The SMILES string of the molecule is CCC(CC)N(CCOC)C(=O)CCNC(C)(C)C. The topological polar surface area (TPSA) is 41.6 Å². The first-order valence-corrected chi connectivity index (χ1v) is 7.39. The van der Waals surface area contributed by atoms with Crippen LogP contribution in [0.4, 0.5) is 0 Å². The van der Waals surface area contributed by atoms with Gasteiger partial charge in [0.05, 0.1) is 6.61 Å². The molecule has 0 unspecified atom stereocenters. The van der Waals surface area contributed by atoms with Crippen molar-refractivity contribution < 1.29 is 9.53 Å². The molecular weight excluding hydrogens is 240 g/mol. The minimum atomic E-state index is 0.0621. The molecule has 0 rings (SSSR count). The van der Waals surface area contributed by atoms with Crippen LogP contribution in [0.2, 0.25) is 0 Å². The van der Waals surface area contributed by atoms with Gasteiger partial charge in [-0.3, -0.25) is 4.79 Å². The summed E-state index contributed by atoms with van der Waals surface area (Å²) in [5, 5.41) is 3.36. The van der Waals surface area contributed by atoms with Crippen molar-refractivity contribution in [1.82, 2.24) is 10.2 Å². The number of amides is 1. The molecule has 0 heterocycles. The second-order valence-electron chi connectivity index (χ2n) is 5.98. The summed E-state index contributed by atoms with van der Waals surface area (Å²) in [4.78, 5) is 14.3. The molecule has 0 fully saturated rings. The van der Waals surface area contributed by atoms with Gasteiger partial charge in [-0.25, -0.2) is 0 Å². The molecule has 0 atom stereocenters. The predicted molar refractivity (Wildman–Crippen MR) is 80.3 cm³/mol. The molecule has 114 valence electrons. The van der Waals surface area contributed by atoms with E-state index in [1.54, 1.807) is 7.11 Å². The smallest absolute Gasteiger partial charge is 0.224 e. The molecule has 1 N–H and O–H groups in total. The molecule has 0 saturated heterocycles. The summed E-state index contributed by atoms with van der Waals surface area (Å²) < 4.78 is 5.11. The predicted octanol–water partition coefficient (Wildman–Crippen LogP) is 2.43. The van der Waals surface area contributed by atoms with E-state index in [0.29, 0.717) is 25.6 Å². The number of hydrogen-bond acceptors (Lipinski definition) is 3. The van der Waals surface area contributed by atoms with Gasteiger partial charge < -0.3 is 15.0 Å². The Balaban J connectivity index is 4.37. The summed E-state index contributed by atoms with van der Waals surface area (Å²) in [5.74, 6) is 0.225. The summed E-state index contributed by atoms with van der Waals surface area (Å²) in [5.41, 5.74) is 0.0621. The van der Waals surface area contributed by atoms with E-state index in [1.807, 2.05) is 4.90 Å². The highest BCUT2D eigenvalue weighted by Gasteiger charge is 2.20. The van der Waals surface area contributed by atoms with Crippen LogP contribution in [0.15, 0.2) is 0 Å². The Bertz CT molecular complexity index is 245. The average molecular weight is 272 g/mol. The summed E-state index contributed by atoms with van der Waals surface area (Å²) in [6.07, 6.45) is 2.55. The summed E-state index contributed by atoms with van der Waals surface area (Å²) >= 11 is 0. The van der Waals surface area contributed by atoms with Gasteiger partial charge in [0.2, 0.25) is 5.91 Å². The van der Waals surface area contributed by atoms with E-state index in [4.69, 9.17) is 4.74 Å². The maximum absolute atomic E-state index is 12.3. The first-order valence-electron chi connectivity index (χ1n) is 7.39. The fourth-order valence-corrected chi connectivity index (χ4v) is 2.12. The molecule has 4 nitrogen and oxygen atoms in total. The molecule has 0 aromatic carbocycles. The highest BCUT2D eigenvalue weighted by molar-refractivity contribution is 5.76. The Hall–Kier alpha value is -0.610. The Morgan fingerprint density at radius 1 is 1.26 bits per heavy atom. The molecule has 4 heteroatoms. The zero-order chi connectivity index (χ0) is 14.9. The molecule has 19 heavy (non-hydrogen) atoms. The van der Waals surface area contributed by atoms with Gasteiger partial charge in [-0.05, 0) is 33.6 Å². The summed E-state index contributed by atoms with van der Waals surface area (Å²) in [6.45, 7) is 12.6. The zero-order valence-electron chi connectivity index (χ0n) is 13.6. The van der Waals surface area contributed by atoms with E-state index in [2.05, 4.69) is 39.9 Å². The van der Waals surface area contributed by atoms with Gasteiger partial charge in [0, 0.05) is 38.2 Å². The van der Waals surface area contributed by atoms with Crippen LogP contribution in [-0.4, -0.2) is 49.2 Å². The normalized spacial score (nSPS) is 11.9. The Labute approximate surface area is 118 Å². The zero-order valence-corrected chi connectivity index (χ0v) is 13.6. The van der Waals surface area contributed by atoms with Gasteiger partial charge in [0.15, 0.2) is 0 Å². The van der Waals surface area contributed by atoms with Crippen LogP contribution in [0.1, 0.15) is 53.9 Å². The molecule has 0 aliphatic heterocycles. The van der Waals surface area contributed by atoms with E-state index in [-0.39, 0.29) is 11.4 Å². The second kappa shape index (κ2) is 9.32. The molecule has 0 aromatic rings. The molecule has 0 spiro atoms. The lowest BCUT2D eigenvalue weighted by Gasteiger charge is -2.31. The average Bonchev–Trinajstić information content (AvgIpc) is 2.32. The number of rotatable bonds is 9. The number of methoxy groups -OCH3 is 1. The van der Waals surface area contributed by atoms with Crippen molar-refractivity contribution >= 4 is 5.91 Å². The van der Waals surface area contributed by atoms with Crippen LogP contribution in [0.25, 0.3) is 0 Å². The van der Waals surface area contributed by atoms with Crippen molar-refractivity contribution in [2.75, 3.05) is 26.8 Å². The number of carbonyl (C=O) groups is 1. The third kappa shape index (κ3) is 8.22. The molecule has 0 aliphatic rings. The number of hydrogen-bond donors (Lipinski definition) is 1. The molecule has 0 bridgehead atoms. The second-order valence-corrected chi connectivity index (χ2v) is 5.98. The number of ether oxygens (including phenoxy) is 1. The van der Waals surface area contributed by atoms with Crippen LogP contribution < -0.4 is 5.32 Å². The molecule has 0 radical (unpaired) electrons. The lowest BCUT2D eigenvalue weighted by Crippen LogP contribution is -2.44. The minimum absolute atomic E-state index is 0.0621. The Morgan fingerprint density at radius 2 is 1.84 bits per heavy atom. The monoisotopic (exact) mass is 272 g/mol. The quantitative estimate of drug-likeness (QED) is 0.701. The van der Waals surface area contributed by atoms with E-state index in [9.17, 15) is 4.79 Å². The van der Waals surface area contributed by atoms with Gasteiger partial charge in [-0.15, -0.1) is 0 Å². The Kier molecular flexibility index (Phi) is 9.02. The lowest BCUT2D eigenvalue weighted by atomic mass is 10.1. The summed E-state index contributed by atoms with van der Waals surface area (Å²) in [6, 6.07) is 0.331. The highest BCUT2D eigenvalue weighted by Crippen LogP contribution is 2.10. The third-order valence-corrected chi connectivity index (χ3v) is 3.23. The molecular formula is C15H32N2O2. The minimum Gasteiger partial charge on any atom is -0.383 e. The van der Waals surface area contributed by atoms with Crippen molar-refractivity contribution in [3.63, 3.8) is 0 Å². The van der Waals surface area contributed by atoms with Gasteiger partial charge in [-0.2, -0.15) is 0 Å². The van der Waals surface area contributed by atoms with Crippen LogP contribution >= 0.6 is 0 Å². The standard InChI is InChI=1S/C15H32N2O2/c1-7-13(8-2)17(11-12-19-6)14(18)9-10-16-15(3,4)5/h13,16H,7-12H2,1-6H3. The first-order chi connectivity index (χ1) is 8.85. The number of carbonyl (C=O) groups excluding carboxylic acids is 1.